The fourth-order valence-electron chi connectivity index (χ4n) is 1.53. The molecule has 0 N–H and O–H groups in total. The predicted octanol–water partition coefficient (Wildman–Crippen LogP) is 3.00. The number of hydrogen-bond acceptors (Lipinski definition) is 3. The van der Waals surface area contributed by atoms with E-state index in [2.05, 4.69) is 24.0 Å². The summed E-state index contributed by atoms with van der Waals surface area (Å²) in [7, 11) is 3.53. The summed E-state index contributed by atoms with van der Waals surface area (Å²) in [6.45, 7) is 2.13. The van der Waals surface area contributed by atoms with Crippen molar-refractivity contribution in [2.24, 2.45) is 4.99 Å². The lowest BCUT2D eigenvalue weighted by atomic mass is 10.1. The normalized spacial score (nSPS) is 11.6. The summed E-state index contributed by atoms with van der Waals surface area (Å²) >= 11 is 1.66. The van der Waals surface area contributed by atoms with E-state index in [1.165, 1.54) is 11.1 Å². The van der Waals surface area contributed by atoms with Crippen LogP contribution in [0.1, 0.15) is 18.1 Å². The van der Waals surface area contributed by atoms with E-state index in [1.807, 2.05) is 19.4 Å². The van der Waals surface area contributed by atoms with E-state index >= 15 is 0 Å². The summed E-state index contributed by atoms with van der Waals surface area (Å²) in [5.41, 5.74) is 2.40. The lowest BCUT2D eigenvalue weighted by Crippen LogP contribution is -1.98. The second-order valence-electron chi connectivity index (χ2n) is 3.11. The Hall–Kier alpha value is -0.960. The average Bonchev–Trinajstić information content (AvgIpc) is 2.30. The van der Waals surface area contributed by atoms with Crippen LogP contribution in [0.3, 0.4) is 0 Å². The van der Waals surface area contributed by atoms with Crippen molar-refractivity contribution < 1.29 is 4.74 Å². The first kappa shape index (κ1) is 12.1. The molecular formula is C12H17NOS. The molecule has 0 heterocycles. The maximum absolute atomic E-state index is 5.29. The number of rotatable bonds is 3. The van der Waals surface area contributed by atoms with E-state index in [4.69, 9.17) is 4.74 Å². The van der Waals surface area contributed by atoms with E-state index in [0.29, 0.717) is 0 Å². The minimum atomic E-state index is 0.956. The van der Waals surface area contributed by atoms with Crippen molar-refractivity contribution in [3.05, 3.63) is 29.3 Å². The molecule has 1 rings (SSSR count). The Morgan fingerprint density at radius 3 is 2.67 bits per heavy atom. The van der Waals surface area contributed by atoms with Crippen LogP contribution in [0.5, 0.6) is 5.75 Å². The summed E-state index contributed by atoms with van der Waals surface area (Å²) in [5, 5.41) is 1.06. The van der Waals surface area contributed by atoms with Gasteiger partial charge in [0.25, 0.3) is 0 Å². The molecule has 0 radical (unpaired) electrons. The lowest BCUT2D eigenvalue weighted by Gasteiger charge is -2.09. The molecule has 3 heteroatoms. The number of hydrogen-bond donors (Lipinski definition) is 0. The number of methoxy groups -OCH3 is 1. The maximum Gasteiger partial charge on any atom is 0.122 e. The van der Waals surface area contributed by atoms with E-state index < -0.39 is 0 Å². The quantitative estimate of drug-likeness (QED) is 0.580. The van der Waals surface area contributed by atoms with Gasteiger partial charge in [-0.15, -0.1) is 11.8 Å². The van der Waals surface area contributed by atoms with Gasteiger partial charge in [0.15, 0.2) is 0 Å². The van der Waals surface area contributed by atoms with Gasteiger partial charge in [-0.3, -0.25) is 4.99 Å². The summed E-state index contributed by atoms with van der Waals surface area (Å²) < 4.78 is 5.29. The molecule has 1 aromatic carbocycles. The van der Waals surface area contributed by atoms with Crippen molar-refractivity contribution in [3.8, 4) is 5.75 Å². The zero-order chi connectivity index (χ0) is 11.3. The fraction of sp³-hybridized carbons (Fsp3) is 0.417. The van der Waals surface area contributed by atoms with Crippen LogP contribution in [-0.2, 0) is 6.42 Å². The molecule has 82 valence electrons. The van der Waals surface area contributed by atoms with Crippen LogP contribution in [-0.4, -0.2) is 25.5 Å². The summed E-state index contributed by atoms with van der Waals surface area (Å²) in [4.78, 5) is 4.25. The van der Waals surface area contributed by atoms with E-state index in [-0.39, 0.29) is 0 Å². The predicted molar refractivity (Wildman–Crippen MR) is 68.3 cm³/mol. The Morgan fingerprint density at radius 2 is 2.20 bits per heavy atom. The largest absolute Gasteiger partial charge is 0.496 e. The topological polar surface area (TPSA) is 21.6 Å². The summed E-state index contributed by atoms with van der Waals surface area (Å²) in [5.74, 6) is 0.956. The van der Waals surface area contributed by atoms with Crippen molar-refractivity contribution in [2.45, 2.75) is 13.3 Å². The highest BCUT2D eigenvalue weighted by atomic mass is 32.2. The van der Waals surface area contributed by atoms with E-state index in [9.17, 15) is 0 Å². The standard InChI is InChI=1S/C12H17NOS/c1-5-9-8-10(12(13-2)15-4)6-7-11(9)14-3/h6-8H,5H2,1-4H3. The molecule has 0 bridgehead atoms. The van der Waals surface area contributed by atoms with Crippen LogP contribution in [0.25, 0.3) is 0 Å². The number of benzene rings is 1. The van der Waals surface area contributed by atoms with Gasteiger partial charge in [0, 0.05) is 12.6 Å². The van der Waals surface area contributed by atoms with Crippen LogP contribution in [0, 0.1) is 0 Å². The summed E-state index contributed by atoms with van der Waals surface area (Å²) in [6, 6.07) is 6.21. The van der Waals surface area contributed by atoms with Crippen molar-refractivity contribution in [2.75, 3.05) is 20.4 Å². The summed E-state index contributed by atoms with van der Waals surface area (Å²) in [6.07, 6.45) is 3.01. The van der Waals surface area contributed by atoms with Crippen LogP contribution < -0.4 is 4.74 Å². The molecule has 1 aromatic rings. The highest BCUT2D eigenvalue weighted by Crippen LogP contribution is 2.22. The molecule has 0 saturated heterocycles. The van der Waals surface area contributed by atoms with Gasteiger partial charge < -0.3 is 4.74 Å². The first-order valence-electron chi connectivity index (χ1n) is 4.94. The van der Waals surface area contributed by atoms with Crippen molar-refractivity contribution in [1.82, 2.24) is 0 Å². The zero-order valence-electron chi connectivity index (χ0n) is 9.70. The van der Waals surface area contributed by atoms with Gasteiger partial charge in [-0.25, -0.2) is 0 Å². The van der Waals surface area contributed by atoms with Gasteiger partial charge >= 0.3 is 0 Å². The SMILES string of the molecule is CCc1cc(C(=NC)SC)ccc1OC. The molecule has 0 atom stereocenters. The monoisotopic (exact) mass is 223 g/mol. The number of aliphatic imine (C=N–C) groups is 1. The van der Waals surface area contributed by atoms with Crippen molar-refractivity contribution in [3.63, 3.8) is 0 Å². The Labute approximate surface area is 95.8 Å². The number of nitrogens with zero attached hydrogens (tertiary/aromatic N) is 1. The van der Waals surface area contributed by atoms with Crippen molar-refractivity contribution >= 4 is 16.8 Å². The molecule has 0 aliphatic rings. The van der Waals surface area contributed by atoms with Crippen molar-refractivity contribution in [1.29, 1.82) is 0 Å². The first-order chi connectivity index (χ1) is 7.26. The van der Waals surface area contributed by atoms with Gasteiger partial charge in [-0.05, 0) is 36.4 Å². The Balaban J connectivity index is 3.13. The van der Waals surface area contributed by atoms with Gasteiger partial charge in [-0.2, -0.15) is 0 Å². The van der Waals surface area contributed by atoms with E-state index in [1.54, 1.807) is 18.9 Å². The Bertz CT molecular complexity index is 361. The number of aryl methyl sites for hydroxylation is 1. The Morgan fingerprint density at radius 1 is 1.47 bits per heavy atom. The third kappa shape index (κ3) is 2.75. The molecule has 0 unspecified atom stereocenters. The molecule has 15 heavy (non-hydrogen) atoms. The molecule has 0 aromatic heterocycles. The van der Waals surface area contributed by atoms with Gasteiger partial charge in [0.05, 0.1) is 12.2 Å². The van der Waals surface area contributed by atoms with Crippen LogP contribution >= 0.6 is 11.8 Å². The molecule has 0 saturated carbocycles. The molecule has 0 amide bonds. The minimum Gasteiger partial charge on any atom is -0.496 e. The second kappa shape index (κ2) is 5.81. The van der Waals surface area contributed by atoms with E-state index in [0.717, 1.165) is 17.2 Å². The molecule has 0 fully saturated rings. The Kier molecular flexibility index (Phi) is 4.69. The molecule has 0 aliphatic heterocycles. The highest BCUT2D eigenvalue weighted by Gasteiger charge is 2.06. The van der Waals surface area contributed by atoms with Crippen LogP contribution in [0.4, 0.5) is 0 Å². The van der Waals surface area contributed by atoms with Crippen LogP contribution in [0.15, 0.2) is 23.2 Å². The van der Waals surface area contributed by atoms with Crippen LogP contribution in [0.2, 0.25) is 0 Å². The van der Waals surface area contributed by atoms with Gasteiger partial charge in [-0.1, -0.05) is 6.92 Å². The molecule has 2 nitrogen and oxygen atoms in total. The average molecular weight is 223 g/mol. The zero-order valence-corrected chi connectivity index (χ0v) is 10.5. The first-order valence-corrected chi connectivity index (χ1v) is 6.17. The minimum absolute atomic E-state index is 0.956. The third-order valence-corrected chi connectivity index (χ3v) is 3.11. The third-order valence-electron chi connectivity index (χ3n) is 2.30. The molecular weight excluding hydrogens is 206 g/mol. The second-order valence-corrected chi connectivity index (χ2v) is 3.91. The molecule has 0 spiro atoms. The smallest absolute Gasteiger partial charge is 0.122 e. The number of ether oxygens (including phenoxy) is 1. The highest BCUT2D eigenvalue weighted by molar-refractivity contribution is 8.13. The molecule has 0 aliphatic carbocycles. The van der Waals surface area contributed by atoms with Gasteiger partial charge in [0.1, 0.15) is 5.75 Å². The lowest BCUT2D eigenvalue weighted by molar-refractivity contribution is 0.410. The maximum atomic E-state index is 5.29. The number of thioether (sulfide) groups is 1. The fourth-order valence-corrected chi connectivity index (χ4v) is 2.07. The van der Waals surface area contributed by atoms with Gasteiger partial charge in [0.2, 0.25) is 0 Å².